The van der Waals surface area contributed by atoms with Gasteiger partial charge >= 0.3 is 0 Å². The lowest BCUT2D eigenvalue weighted by atomic mass is 10.2. The first-order valence-corrected chi connectivity index (χ1v) is 6.45. The molecule has 0 amide bonds. The van der Waals surface area contributed by atoms with Gasteiger partial charge in [-0.1, -0.05) is 28.1 Å². The molecule has 0 bridgehead atoms. The molecule has 100 valence electrons. The van der Waals surface area contributed by atoms with E-state index in [4.69, 9.17) is 4.74 Å². The van der Waals surface area contributed by atoms with Crippen LogP contribution in [-0.4, -0.2) is 7.05 Å². The van der Waals surface area contributed by atoms with Crippen LogP contribution in [-0.2, 0) is 6.54 Å². The van der Waals surface area contributed by atoms with Gasteiger partial charge in [0.2, 0.25) is 5.82 Å². The summed E-state index contributed by atoms with van der Waals surface area (Å²) >= 11 is 3.10. The Morgan fingerprint density at radius 1 is 1.16 bits per heavy atom. The molecule has 0 saturated carbocycles. The summed E-state index contributed by atoms with van der Waals surface area (Å²) in [6, 6.07) is 9.59. The van der Waals surface area contributed by atoms with Gasteiger partial charge in [-0.05, 0) is 36.9 Å². The van der Waals surface area contributed by atoms with Crippen molar-refractivity contribution in [2.24, 2.45) is 0 Å². The predicted molar refractivity (Wildman–Crippen MR) is 73.3 cm³/mol. The average molecular weight is 328 g/mol. The Morgan fingerprint density at radius 2 is 1.84 bits per heavy atom. The lowest BCUT2D eigenvalue weighted by Crippen LogP contribution is -2.04. The number of halogens is 3. The van der Waals surface area contributed by atoms with Gasteiger partial charge in [0.15, 0.2) is 11.6 Å². The van der Waals surface area contributed by atoms with Crippen molar-refractivity contribution in [3.05, 3.63) is 58.1 Å². The van der Waals surface area contributed by atoms with Crippen molar-refractivity contribution in [2.45, 2.75) is 6.54 Å². The summed E-state index contributed by atoms with van der Waals surface area (Å²) in [5.41, 5.74) is 1.08. The maximum absolute atomic E-state index is 13.5. The van der Waals surface area contributed by atoms with E-state index in [1.807, 2.05) is 19.2 Å². The number of hydrogen-bond donors (Lipinski definition) is 1. The van der Waals surface area contributed by atoms with Crippen molar-refractivity contribution in [1.82, 2.24) is 5.32 Å². The second kappa shape index (κ2) is 6.12. The number of hydrogen-bond acceptors (Lipinski definition) is 2. The van der Waals surface area contributed by atoms with Crippen LogP contribution in [0.2, 0.25) is 0 Å². The molecule has 2 aromatic carbocycles. The summed E-state index contributed by atoms with van der Waals surface area (Å²) in [7, 11) is 1.85. The van der Waals surface area contributed by atoms with E-state index in [9.17, 15) is 8.78 Å². The molecule has 2 aromatic rings. The Hall–Kier alpha value is -1.46. The van der Waals surface area contributed by atoms with E-state index in [1.54, 1.807) is 12.1 Å². The van der Waals surface area contributed by atoms with E-state index in [-0.39, 0.29) is 5.75 Å². The SMILES string of the molecule is CNCc1ccc(Oc2cc(Br)cc(F)c2F)cc1. The Labute approximate surface area is 118 Å². The molecule has 0 heterocycles. The van der Waals surface area contributed by atoms with E-state index in [0.29, 0.717) is 10.2 Å². The first kappa shape index (κ1) is 14.0. The van der Waals surface area contributed by atoms with Gasteiger partial charge in [-0.25, -0.2) is 4.39 Å². The molecule has 5 heteroatoms. The highest BCUT2D eigenvalue weighted by Gasteiger charge is 2.12. The molecule has 0 fully saturated rings. The smallest absolute Gasteiger partial charge is 0.201 e. The standard InChI is InChI=1S/C14H12BrF2NO/c1-18-8-9-2-4-11(5-3-9)19-13-7-10(15)6-12(16)14(13)17/h2-7,18H,8H2,1H3. The van der Waals surface area contributed by atoms with Gasteiger partial charge < -0.3 is 10.1 Å². The van der Waals surface area contributed by atoms with Crippen LogP contribution in [0.1, 0.15) is 5.56 Å². The first-order valence-electron chi connectivity index (χ1n) is 5.66. The average Bonchev–Trinajstić information content (AvgIpc) is 2.38. The van der Waals surface area contributed by atoms with Crippen LogP contribution in [0.3, 0.4) is 0 Å². The van der Waals surface area contributed by atoms with Crippen LogP contribution in [0.4, 0.5) is 8.78 Å². The van der Waals surface area contributed by atoms with E-state index in [1.165, 1.54) is 6.07 Å². The van der Waals surface area contributed by atoms with Gasteiger partial charge in [-0.2, -0.15) is 4.39 Å². The van der Waals surface area contributed by atoms with Crippen LogP contribution in [0.15, 0.2) is 40.9 Å². The van der Waals surface area contributed by atoms with Gasteiger partial charge in [0.1, 0.15) is 5.75 Å². The Morgan fingerprint density at radius 3 is 2.47 bits per heavy atom. The van der Waals surface area contributed by atoms with Gasteiger partial charge in [-0.3, -0.25) is 0 Å². The Bertz CT molecular complexity index is 572. The lowest BCUT2D eigenvalue weighted by Gasteiger charge is -2.08. The van der Waals surface area contributed by atoms with E-state index in [2.05, 4.69) is 21.2 Å². The highest BCUT2D eigenvalue weighted by atomic mass is 79.9. The van der Waals surface area contributed by atoms with Crippen molar-refractivity contribution in [1.29, 1.82) is 0 Å². The fraction of sp³-hybridized carbons (Fsp3) is 0.143. The molecule has 19 heavy (non-hydrogen) atoms. The predicted octanol–water partition coefficient (Wildman–Crippen LogP) is 4.24. The minimum absolute atomic E-state index is 0.145. The molecule has 0 unspecified atom stereocenters. The minimum Gasteiger partial charge on any atom is -0.454 e. The summed E-state index contributed by atoms with van der Waals surface area (Å²) in [5.74, 6) is -1.64. The highest BCUT2D eigenvalue weighted by Crippen LogP contribution is 2.29. The Balaban J connectivity index is 2.21. The van der Waals surface area contributed by atoms with Crippen molar-refractivity contribution in [3.8, 4) is 11.5 Å². The quantitative estimate of drug-likeness (QED) is 0.848. The van der Waals surface area contributed by atoms with Gasteiger partial charge in [0, 0.05) is 11.0 Å². The molecule has 0 spiro atoms. The zero-order valence-corrected chi connectivity index (χ0v) is 11.8. The number of rotatable bonds is 4. The zero-order chi connectivity index (χ0) is 13.8. The molecular weight excluding hydrogens is 316 g/mol. The van der Waals surface area contributed by atoms with Crippen LogP contribution in [0.25, 0.3) is 0 Å². The van der Waals surface area contributed by atoms with Crippen molar-refractivity contribution in [2.75, 3.05) is 7.05 Å². The van der Waals surface area contributed by atoms with Crippen LogP contribution >= 0.6 is 15.9 Å². The fourth-order valence-electron chi connectivity index (χ4n) is 1.61. The fourth-order valence-corrected chi connectivity index (χ4v) is 2.02. The second-order valence-electron chi connectivity index (χ2n) is 3.98. The van der Waals surface area contributed by atoms with Crippen LogP contribution < -0.4 is 10.1 Å². The molecular formula is C14H12BrF2NO. The lowest BCUT2D eigenvalue weighted by molar-refractivity contribution is 0.415. The number of ether oxygens (including phenoxy) is 1. The largest absolute Gasteiger partial charge is 0.454 e. The molecule has 2 rings (SSSR count). The minimum atomic E-state index is -0.998. The molecule has 0 saturated heterocycles. The van der Waals surface area contributed by atoms with Gasteiger partial charge in [-0.15, -0.1) is 0 Å². The third-order valence-corrected chi connectivity index (χ3v) is 2.95. The summed E-state index contributed by atoms with van der Waals surface area (Å²) < 4.78 is 32.5. The zero-order valence-electron chi connectivity index (χ0n) is 10.2. The van der Waals surface area contributed by atoms with Crippen molar-refractivity contribution < 1.29 is 13.5 Å². The van der Waals surface area contributed by atoms with E-state index >= 15 is 0 Å². The summed E-state index contributed by atoms with van der Waals surface area (Å²) in [6.07, 6.45) is 0. The van der Waals surface area contributed by atoms with Crippen molar-refractivity contribution >= 4 is 15.9 Å². The maximum Gasteiger partial charge on any atom is 0.201 e. The van der Waals surface area contributed by atoms with E-state index in [0.717, 1.165) is 18.2 Å². The molecule has 0 aromatic heterocycles. The highest BCUT2D eigenvalue weighted by molar-refractivity contribution is 9.10. The maximum atomic E-state index is 13.5. The summed E-state index contributed by atoms with van der Waals surface area (Å²) in [4.78, 5) is 0. The number of nitrogens with one attached hydrogen (secondary N) is 1. The van der Waals surface area contributed by atoms with Crippen LogP contribution in [0, 0.1) is 11.6 Å². The molecule has 0 aliphatic rings. The number of benzene rings is 2. The Kier molecular flexibility index (Phi) is 4.50. The van der Waals surface area contributed by atoms with E-state index < -0.39 is 11.6 Å². The normalized spacial score (nSPS) is 10.5. The molecule has 1 N–H and O–H groups in total. The second-order valence-corrected chi connectivity index (χ2v) is 4.89. The van der Waals surface area contributed by atoms with Crippen molar-refractivity contribution in [3.63, 3.8) is 0 Å². The molecule has 0 atom stereocenters. The topological polar surface area (TPSA) is 21.3 Å². The van der Waals surface area contributed by atoms with Crippen LogP contribution in [0.5, 0.6) is 11.5 Å². The third kappa shape index (κ3) is 3.52. The monoisotopic (exact) mass is 327 g/mol. The molecule has 0 aliphatic heterocycles. The first-order chi connectivity index (χ1) is 9.10. The molecule has 2 nitrogen and oxygen atoms in total. The van der Waals surface area contributed by atoms with Gasteiger partial charge in [0.05, 0.1) is 0 Å². The summed E-state index contributed by atoms with van der Waals surface area (Å²) in [5, 5.41) is 3.02. The molecule has 0 aliphatic carbocycles. The van der Waals surface area contributed by atoms with Gasteiger partial charge in [0.25, 0.3) is 0 Å². The third-order valence-electron chi connectivity index (χ3n) is 2.49. The summed E-state index contributed by atoms with van der Waals surface area (Å²) in [6.45, 7) is 0.736. The molecule has 0 radical (unpaired) electrons.